The molecule has 1 aromatic carbocycles. The summed E-state index contributed by atoms with van der Waals surface area (Å²) in [5, 5.41) is 1.81. The van der Waals surface area contributed by atoms with Crippen LogP contribution in [0.2, 0.25) is 0 Å². The lowest BCUT2D eigenvalue weighted by Gasteiger charge is -2.14. The van der Waals surface area contributed by atoms with E-state index in [0.717, 1.165) is 0 Å². The average Bonchev–Trinajstić information content (AvgIpc) is 2.33. The van der Waals surface area contributed by atoms with Gasteiger partial charge in [0.25, 0.3) is 0 Å². The number of nitrogens with two attached hydrogens (primary N) is 1. The molecule has 18 heavy (non-hydrogen) atoms. The maximum Gasteiger partial charge on any atom is 0.228 e. The van der Waals surface area contributed by atoms with Gasteiger partial charge in [-0.25, -0.2) is 17.6 Å². The fraction of sp³-hybridized carbons (Fsp3) is 0.364. The lowest BCUT2D eigenvalue weighted by molar-refractivity contribution is -0.119. The Bertz CT molecular complexity index is 435. The zero-order valence-corrected chi connectivity index (χ0v) is 9.57. The fourth-order valence-corrected chi connectivity index (χ4v) is 1.37. The van der Waals surface area contributed by atoms with Crippen molar-refractivity contribution in [3.05, 3.63) is 29.3 Å². The highest BCUT2D eigenvalue weighted by Crippen LogP contribution is 2.24. The first kappa shape index (κ1) is 14.4. The Morgan fingerprint density at radius 3 is 2.17 bits per heavy atom. The second kappa shape index (κ2) is 5.81. The van der Waals surface area contributed by atoms with E-state index in [1.165, 1.54) is 0 Å². The van der Waals surface area contributed by atoms with Gasteiger partial charge >= 0.3 is 0 Å². The minimum atomic E-state index is -1.64. The molecule has 0 fully saturated rings. The Labute approximate surface area is 101 Å². The number of anilines is 1. The summed E-state index contributed by atoms with van der Waals surface area (Å²) in [7, 11) is 0. The molecule has 1 atom stereocenters. The van der Waals surface area contributed by atoms with Gasteiger partial charge in [0.2, 0.25) is 5.91 Å². The quantitative estimate of drug-likeness (QED) is 0.646. The van der Waals surface area contributed by atoms with Gasteiger partial charge in [-0.05, 0) is 6.42 Å². The molecular formula is C11H12F4N2O. The summed E-state index contributed by atoms with van der Waals surface area (Å²) in [6, 6.07) is 0.0700. The molecule has 7 heteroatoms. The molecule has 0 bridgehead atoms. The molecule has 1 aromatic rings. The van der Waals surface area contributed by atoms with Gasteiger partial charge < -0.3 is 11.1 Å². The summed E-state index contributed by atoms with van der Waals surface area (Å²) in [6.45, 7) is 1.61. The van der Waals surface area contributed by atoms with Crippen LogP contribution in [0.15, 0.2) is 6.07 Å². The summed E-state index contributed by atoms with van der Waals surface area (Å²) in [5.74, 6) is -7.92. The van der Waals surface area contributed by atoms with Crippen molar-refractivity contribution in [3.8, 4) is 0 Å². The number of rotatable bonds is 4. The van der Waals surface area contributed by atoms with Gasteiger partial charge in [-0.15, -0.1) is 0 Å². The van der Waals surface area contributed by atoms with Gasteiger partial charge in [-0.3, -0.25) is 4.79 Å². The molecule has 0 saturated carbocycles. The van der Waals surface area contributed by atoms with Crippen molar-refractivity contribution < 1.29 is 22.4 Å². The van der Waals surface area contributed by atoms with E-state index in [9.17, 15) is 22.4 Å². The molecule has 0 aliphatic rings. The second-order valence-electron chi connectivity index (χ2n) is 3.67. The van der Waals surface area contributed by atoms with Crippen molar-refractivity contribution in [2.75, 3.05) is 11.9 Å². The third-order valence-electron chi connectivity index (χ3n) is 2.51. The van der Waals surface area contributed by atoms with Crippen LogP contribution in [0.5, 0.6) is 0 Å². The number of carbonyl (C=O) groups is 1. The first-order chi connectivity index (χ1) is 8.42. The van der Waals surface area contributed by atoms with E-state index in [1.807, 2.05) is 5.32 Å². The minimum Gasteiger partial charge on any atom is -0.330 e. The average molecular weight is 264 g/mol. The van der Waals surface area contributed by atoms with Crippen molar-refractivity contribution in [1.82, 2.24) is 0 Å². The highest BCUT2D eigenvalue weighted by atomic mass is 19.2. The van der Waals surface area contributed by atoms with E-state index in [1.54, 1.807) is 6.92 Å². The molecule has 0 spiro atoms. The molecule has 0 aromatic heterocycles. The van der Waals surface area contributed by atoms with Crippen LogP contribution in [-0.2, 0) is 4.79 Å². The Morgan fingerprint density at radius 2 is 1.78 bits per heavy atom. The highest BCUT2D eigenvalue weighted by molar-refractivity contribution is 5.92. The fourth-order valence-electron chi connectivity index (χ4n) is 1.37. The van der Waals surface area contributed by atoms with Crippen molar-refractivity contribution in [2.45, 2.75) is 13.3 Å². The monoisotopic (exact) mass is 264 g/mol. The summed E-state index contributed by atoms with van der Waals surface area (Å²) < 4.78 is 52.2. The second-order valence-corrected chi connectivity index (χ2v) is 3.67. The summed E-state index contributed by atoms with van der Waals surface area (Å²) in [4.78, 5) is 11.5. The lowest BCUT2D eigenvalue weighted by atomic mass is 10.1. The molecule has 3 N–H and O–H groups in total. The van der Waals surface area contributed by atoms with Crippen LogP contribution in [0.25, 0.3) is 0 Å². The Hall–Kier alpha value is -1.63. The Balaban J connectivity index is 3.08. The van der Waals surface area contributed by atoms with Crippen molar-refractivity contribution >= 4 is 11.6 Å². The molecule has 0 radical (unpaired) electrons. The van der Waals surface area contributed by atoms with Gasteiger partial charge in [0.15, 0.2) is 23.3 Å². The van der Waals surface area contributed by atoms with E-state index in [2.05, 4.69) is 0 Å². The number of hydrogen-bond donors (Lipinski definition) is 2. The summed E-state index contributed by atoms with van der Waals surface area (Å²) in [5.41, 5.74) is 4.14. The number of carbonyl (C=O) groups excluding carboxylic acids is 1. The predicted molar refractivity (Wildman–Crippen MR) is 57.7 cm³/mol. The molecular weight excluding hydrogens is 252 g/mol. The maximum atomic E-state index is 13.2. The van der Waals surface area contributed by atoms with Crippen LogP contribution in [-0.4, -0.2) is 12.5 Å². The molecule has 0 heterocycles. The van der Waals surface area contributed by atoms with E-state index >= 15 is 0 Å². The first-order valence-electron chi connectivity index (χ1n) is 5.26. The van der Waals surface area contributed by atoms with E-state index in [0.29, 0.717) is 6.42 Å². The van der Waals surface area contributed by atoms with E-state index in [4.69, 9.17) is 5.73 Å². The first-order valence-corrected chi connectivity index (χ1v) is 5.26. The van der Waals surface area contributed by atoms with Crippen LogP contribution in [0.1, 0.15) is 13.3 Å². The number of hydrogen-bond acceptors (Lipinski definition) is 2. The number of benzene rings is 1. The maximum absolute atomic E-state index is 13.2. The molecule has 1 unspecified atom stereocenters. The third-order valence-corrected chi connectivity index (χ3v) is 2.51. The smallest absolute Gasteiger partial charge is 0.228 e. The minimum absolute atomic E-state index is 0.0383. The SMILES string of the molecule is CCC(CN)C(=O)Nc1c(F)c(F)cc(F)c1F. The van der Waals surface area contributed by atoms with Crippen LogP contribution >= 0.6 is 0 Å². The zero-order valence-electron chi connectivity index (χ0n) is 9.57. The molecule has 1 rings (SSSR count). The normalized spacial score (nSPS) is 12.3. The molecule has 1 amide bonds. The third kappa shape index (κ3) is 2.79. The van der Waals surface area contributed by atoms with Gasteiger partial charge in [0.05, 0.1) is 5.92 Å². The molecule has 0 aliphatic heterocycles. The number of halogens is 4. The largest absolute Gasteiger partial charge is 0.330 e. The lowest BCUT2D eigenvalue weighted by Crippen LogP contribution is -2.29. The molecule has 100 valence electrons. The highest BCUT2D eigenvalue weighted by Gasteiger charge is 2.23. The standard InChI is InChI=1S/C11H12F4N2O/c1-2-5(4-16)11(18)17-10-8(14)6(12)3-7(13)9(10)15/h3,5H,2,4,16H2,1H3,(H,17,18). The zero-order chi connectivity index (χ0) is 13.9. The van der Waals surface area contributed by atoms with E-state index < -0.39 is 40.8 Å². The van der Waals surface area contributed by atoms with Gasteiger partial charge in [-0.2, -0.15) is 0 Å². The molecule has 0 saturated heterocycles. The van der Waals surface area contributed by atoms with Crippen LogP contribution in [0, 0.1) is 29.2 Å². The van der Waals surface area contributed by atoms with E-state index in [-0.39, 0.29) is 12.6 Å². The Morgan fingerprint density at radius 1 is 1.28 bits per heavy atom. The number of amides is 1. The topological polar surface area (TPSA) is 55.1 Å². The van der Waals surface area contributed by atoms with Crippen molar-refractivity contribution in [1.29, 1.82) is 0 Å². The Kier molecular flexibility index (Phi) is 4.66. The summed E-state index contributed by atoms with van der Waals surface area (Å²) in [6.07, 6.45) is 0.337. The van der Waals surface area contributed by atoms with Crippen molar-refractivity contribution in [3.63, 3.8) is 0 Å². The van der Waals surface area contributed by atoms with Crippen LogP contribution in [0.3, 0.4) is 0 Å². The molecule has 3 nitrogen and oxygen atoms in total. The predicted octanol–water partition coefficient (Wildman–Crippen LogP) is 2.17. The number of nitrogens with one attached hydrogen (secondary N) is 1. The summed E-state index contributed by atoms with van der Waals surface area (Å²) >= 11 is 0. The van der Waals surface area contributed by atoms with Gasteiger partial charge in [0.1, 0.15) is 5.69 Å². The van der Waals surface area contributed by atoms with Crippen LogP contribution < -0.4 is 11.1 Å². The molecule has 0 aliphatic carbocycles. The van der Waals surface area contributed by atoms with Gasteiger partial charge in [0, 0.05) is 12.6 Å². The van der Waals surface area contributed by atoms with Crippen molar-refractivity contribution in [2.24, 2.45) is 11.7 Å². The van der Waals surface area contributed by atoms with Gasteiger partial charge in [-0.1, -0.05) is 6.92 Å². The van der Waals surface area contributed by atoms with Crippen LogP contribution in [0.4, 0.5) is 23.2 Å².